The van der Waals surface area contributed by atoms with E-state index in [-0.39, 0.29) is 0 Å². The largest absolute Gasteiger partial charge is 0.491 e. The van der Waals surface area contributed by atoms with Crippen molar-refractivity contribution >= 4 is 11.8 Å². The molecule has 1 aromatic carbocycles. The van der Waals surface area contributed by atoms with Crippen molar-refractivity contribution in [2.75, 3.05) is 38.2 Å². The highest BCUT2D eigenvalue weighted by Crippen LogP contribution is 2.23. The number of rotatable bonds is 7. The van der Waals surface area contributed by atoms with E-state index in [0.29, 0.717) is 24.7 Å². The van der Waals surface area contributed by atoms with Gasteiger partial charge in [-0.15, -0.1) is 0 Å². The summed E-state index contributed by atoms with van der Waals surface area (Å²) in [4.78, 5) is 14.1. The molecular formula is C16H24N2O3. The van der Waals surface area contributed by atoms with Gasteiger partial charge in [0.25, 0.3) is 0 Å². The van der Waals surface area contributed by atoms with Crippen LogP contribution in [0.15, 0.2) is 24.3 Å². The molecule has 0 aromatic heterocycles. The fraction of sp³-hybridized carbons (Fsp3) is 0.562. The molecule has 0 saturated carbocycles. The van der Waals surface area contributed by atoms with Gasteiger partial charge in [-0.3, -0.25) is 10.2 Å². The van der Waals surface area contributed by atoms with Crippen LogP contribution in [0.4, 0.5) is 10.5 Å². The number of likely N-dealkylation sites (tertiary alicyclic amines) is 1. The zero-order chi connectivity index (χ0) is 14.9. The molecule has 0 spiro atoms. The first-order chi connectivity index (χ1) is 10.3. The fourth-order valence-electron chi connectivity index (χ4n) is 2.33. The summed E-state index contributed by atoms with van der Waals surface area (Å²) in [5.74, 6) is 0.677. The van der Waals surface area contributed by atoms with E-state index in [0.717, 1.165) is 26.1 Å². The lowest BCUT2D eigenvalue weighted by Gasteiger charge is -2.15. The van der Waals surface area contributed by atoms with Gasteiger partial charge >= 0.3 is 6.09 Å². The Morgan fingerprint density at radius 2 is 2.00 bits per heavy atom. The Morgan fingerprint density at radius 3 is 2.76 bits per heavy atom. The average Bonchev–Trinajstić information content (AvgIpc) is 2.99. The van der Waals surface area contributed by atoms with Crippen molar-refractivity contribution in [3.63, 3.8) is 0 Å². The number of nitrogens with one attached hydrogen (secondary N) is 1. The molecule has 1 N–H and O–H groups in total. The number of anilines is 1. The summed E-state index contributed by atoms with van der Waals surface area (Å²) in [5.41, 5.74) is 0.650. The van der Waals surface area contributed by atoms with Gasteiger partial charge in [0.2, 0.25) is 0 Å². The van der Waals surface area contributed by atoms with E-state index in [9.17, 15) is 4.79 Å². The first-order valence-electron chi connectivity index (χ1n) is 7.67. The molecule has 5 nitrogen and oxygen atoms in total. The SMILES string of the molecule is CCCOc1ccccc1NC(=O)OCCN1CCCC1. The van der Waals surface area contributed by atoms with E-state index in [1.54, 1.807) is 0 Å². The van der Waals surface area contributed by atoms with Crippen molar-refractivity contribution in [3.8, 4) is 5.75 Å². The Labute approximate surface area is 126 Å². The monoisotopic (exact) mass is 292 g/mol. The minimum absolute atomic E-state index is 0.420. The van der Waals surface area contributed by atoms with Gasteiger partial charge in [-0.05, 0) is 44.5 Å². The molecule has 116 valence electrons. The molecule has 1 aliphatic heterocycles. The second-order valence-corrected chi connectivity index (χ2v) is 5.15. The highest BCUT2D eigenvalue weighted by molar-refractivity contribution is 5.86. The first-order valence-corrected chi connectivity index (χ1v) is 7.67. The van der Waals surface area contributed by atoms with Crippen LogP contribution in [0.1, 0.15) is 26.2 Å². The number of para-hydroxylation sites is 2. The molecule has 1 heterocycles. The number of hydrogen-bond acceptors (Lipinski definition) is 4. The third kappa shape index (κ3) is 5.27. The van der Waals surface area contributed by atoms with E-state index in [1.807, 2.05) is 31.2 Å². The Hall–Kier alpha value is -1.75. The van der Waals surface area contributed by atoms with Gasteiger partial charge in [-0.1, -0.05) is 19.1 Å². The van der Waals surface area contributed by atoms with Crippen molar-refractivity contribution in [2.24, 2.45) is 0 Å². The lowest BCUT2D eigenvalue weighted by atomic mass is 10.3. The maximum Gasteiger partial charge on any atom is 0.411 e. The smallest absolute Gasteiger partial charge is 0.411 e. The van der Waals surface area contributed by atoms with Crippen LogP contribution in [0.2, 0.25) is 0 Å². The molecule has 2 rings (SSSR count). The summed E-state index contributed by atoms with van der Waals surface area (Å²) >= 11 is 0. The number of ether oxygens (including phenoxy) is 2. The zero-order valence-corrected chi connectivity index (χ0v) is 12.6. The molecule has 0 aliphatic carbocycles. The van der Waals surface area contributed by atoms with Crippen molar-refractivity contribution in [2.45, 2.75) is 26.2 Å². The van der Waals surface area contributed by atoms with E-state index in [4.69, 9.17) is 9.47 Å². The van der Waals surface area contributed by atoms with Crippen LogP contribution >= 0.6 is 0 Å². The molecular weight excluding hydrogens is 268 g/mol. The number of carbonyl (C=O) groups excluding carboxylic acids is 1. The number of carbonyl (C=O) groups is 1. The zero-order valence-electron chi connectivity index (χ0n) is 12.6. The molecule has 1 amide bonds. The maximum atomic E-state index is 11.8. The van der Waals surface area contributed by atoms with Gasteiger partial charge in [-0.25, -0.2) is 4.79 Å². The van der Waals surface area contributed by atoms with Crippen LogP contribution in [0, 0.1) is 0 Å². The molecule has 1 saturated heterocycles. The molecule has 0 radical (unpaired) electrons. The lowest BCUT2D eigenvalue weighted by Crippen LogP contribution is -2.26. The molecule has 1 aliphatic rings. The Bertz CT molecular complexity index is 445. The third-order valence-corrected chi connectivity index (χ3v) is 3.42. The van der Waals surface area contributed by atoms with E-state index >= 15 is 0 Å². The van der Waals surface area contributed by atoms with Crippen molar-refractivity contribution in [1.82, 2.24) is 4.90 Å². The molecule has 0 unspecified atom stereocenters. The molecule has 5 heteroatoms. The van der Waals surface area contributed by atoms with E-state index < -0.39 is 6.09 Å². The number of benzene rings is 1. The summed E-state index contributed by atoms with van der Waals surface area (Å²) in [7, 11) is 0. The van der Waals surface area contributed by atoms with Crippen LogP contribution in [0.3, 0.4) is 0 Å². The average molecular weight is 292 g/mol. The fourth-order valence-corrected chi connectivity index (χ4v) is 2.33. The van der Waals surface area contributed by atoms with Crippen LogP contribution in [-0.4, -0.2) is 43.8 Å². The summed E-state index contributed by atoms with van der Waals surface area (Å²) in [5, 5.41) is 2.74. The number of nitrogens with zero attached hydrogens (tertiary/aromatic N) is 1. The van der Waals surface area contributed by atoms with Gasteiger partial charge in [0.1, 0.15) is 12.4 Å². The summed E-state index contributed by atoms with van der Waals surface area (Å²) in [6.45, 7) is 6.12. The van der Waals surface area contributed by atoms with Crippen LogP contribution in [0.25, 0.3) is 0 Å². The highest BCUT2D eigenvalue weighted by atomic mass is 16.5. The van der Waals surface area contributed by atoms with Crippen molar-refractivity contribution in [1.29, 1.82) is 0 Å². The first kappa shape index (κ1) is 15.6. The molecule has 0 bridgehead atoms. The molecule has 1 aromatic rings. The second-order valence-electron chi connectivity index (χ2n) is 5.15. The van der Waals surface area contributed by atoms with Gasteiger partial charge in [-0.2, -0.15) is 0 Å². The predicted octanol–water partition coefficient (Wildman–Crippen LogP) is 3.12. The Morgan fingerprint density at radius 1 is 1.24 bits per heavy atom. The van der Waals surface area contributed by atoms with Crippen LogP contribution in [0.5, 0.6) is 5.75 Å². The van der Waals surface area contributed by atoms with E-state index in [1.165, 1.54) is 12.8 Å². The maximum absolute atomic E-state index is 11.8. The van der Waals surface area contributed by atoms with Crippen LogP contribution < -0.4 is 10.1 Å². The summed E-state index contributed by atoms with van der Waals surface area (Å²) < 4.78 is 10.8. The minimum Gasteiger partial charge on any atom is -0.491 e. The van der Waals surface area contributed by atoms with Gasteiger partial charge in [0.05, 0.1) is 12.3 Å². The molecule has 0 atom stereocenters. The van der Waals surface area contributed by atoms with Crippen molar-refractivity contribution < 1.29 is 14.3 Å². The van der Waals surface area contributed by atoms with E-state index in [2.05, 4.69) is 10.2 Å². The van der Waals surface area contributed by atoms with Gasteiger partial charge < -0.3 is 9.47 Å². The second kappa shape index (κ2) is 8.52. The number of amides is 1. The standard InChI is InChI=1S/C16H24N2O3/c1-2-12-20-15-8-4-3-7-14(15)17-16(19)21-13-11-18-9-5-6-10-18/h3-4,7-8H,2,5-6,9-13H2,1H3,(H,17,19). The highest BCUT2D eigenvalue weighted by Gasteiger charge is 2.12. The summed E-state index contributed by atoms with van der Waals surface area (Å²) in [6, 6.07) is 7.40. The van der Waals surface area contributed by atoms with Crippen LogP contribution in [-0.2, 0) is 4.74 Å². The third-order valence-electron chi connectivity index (χ3n) is 3.42. The molecule has 21 heavy (non-hydrogen) atoms. The quantitative estimate of drug-likeness (QED) is 0.839. The topological polar surface area (TPSA) is 50.8 Å². The Kier molecular flexibility index (Phi) is 6.34. The predicted molar refractivity (Wildman–Crippen MR) is 82.9 cm³/mol. The molecule has 1 fully saturated rings. The normalized spacial score (nSPS) is 14.9. The Balaban J connectivity index is 1.76. The van der Waals surface area contributed by atoms with Crippen molar-refractivity contribution in [3.05, 3.63) is 24.3 Å². The lowest BCUT2D eigenvalue weighted by molar-refractivity contribution is 0.146. The minimum atomic E-state index is -0.429. The summed E-state index contributed by atoms with van der Waals surface area (Å²) in [6.07, 6.45) is 2.99. The van der Waals surface area contributed by atoms with Gasteiger partial charge in [0.15, 0.2) is 0 Å². The van der Waals surface area contributed by atoms with Gasteiger partial charge in [0, 0.05) is 6.54 Å². The number of hydrogen-bond donors (Lipinski definition) is 1.